The van der Waals surface area contributed by atoms with Gasteiger partial charge >= 0.3 is 0 Å². The topological polar surface area (TPSA) is 29.1 Å². The lowest BCUT2D eigenvalue weighted by Gasteiger charge is -2.11. The molecule has 1 aliphatic heterocycles. The molecular weight excluding hydrogens is 126 g/mol. The highest BCUT2D eigenvalue weighted by molar-refractivity contribution is 5.81. The number of carbonyl (C=O) groups excluding carboxylic acids is 1. The fourth-order valence-electron chi connectivity index (χ4n) is 1.38. The smallest absolute Gasteiger partial charge is 0.138 e. The van der Waals surface area contributed by atoms with Gasteiger partial charge < -0.3 is 5.32 Å². The van der Waals surface area contributed by atoms with E-state index >= 15 is 0 Å². The van der Waals surface area contributed by atoms with Gasteiger partial charge in [-0.2, -0.15) is 0 Å². The van der Waals surface area contributed by atoms with Gasteiger partial charge in [0.05, 0.1) is 5.92 Å². The lowest BCUT2D eigenvalue weighted by atomic mass is 10.0. The van der Waals surface area contributed by atoms with Crippen molar-refractivity contribution >= 4 is 5.78 Å². The van der Waals surface area contributed by atoms with E-state index in [2.05, 4.69) is 5.32 Å². The maximum Gasteiger partial charge on any atom is 0.138 e. The Morgan fingerprint density at radius 1 is 1.70 bits per heavy atom. The summed E-state index contributed by atoms with van der Waals surface area (Å²) in [5, 5.41) is 3.19. The molecule has 2 unspecified atom stereocenters. The Balaban J connectivity index is 2.69. The molecule has 0 bridgehead atoms. The third-order valence-corrected chi connectivity index (χ3v) is 1.89. The maximum absolute atomic E-state index is 10.9. The minimum absolute atomic E-state index is 0.0972. The van der Waals surface area contributed by atoms with Crippen molar-refractivity contribution in [3.63, 3.8) is 0 Å². The summed E-state index contributed by atoms with van der Waals surface area (Å²) in [4.78, 5) is 10.9. The number of rotatable bonds is 1. The molecule has 1 rings (SSSR count). The first-order chi connectivity index (χ1) is 4.61. The van der Waals surface area contributed by atoms with Gasteiger partial charge in [0.2, 0.25) is 0 Å². The normalized spacial score (nSPS) is 31.3. The number of allylic oxidation sites excluding steroid dienone is 1. The molecule has 0 aliphatic carbocycles. The Hall–Kier alpha value is -0.790. The van der Waals surface area contributed by atoms with E-state index in [1.165, 1.54) is 0 Å². The molecule has 0 fully saturated rings. The van der Waals surface area contributed by atoms with Gasteiger partial charge in [-0.25, -0.2) is 0 Å². The molecule has 2 nitrogen and oxygen atoms in total. The summed E-state index contributed by atoms with van der Waals surface area (Å²) in [6.45, 7) is 5.65. The van der Waals surface area contributed by atoms with Crippen LogP contribution in [0.15, 0.2) is 11.8 Å². The van der Waals surface area contributed by atoms with E-state index in [-0.39, 0.29) is 17.7 Å². The fraction of sp³-hybridized carbons (Fsp3) is 0.625. The van der Waals surface area contributed by atoms with Crippen molar-refractivity contribution in [1.29, 1.82) is 0 Å². The van der Waals surface area contributed by atoms with Crippen LogP contribution in [-0.2, 0) is 4.79 Å². The molecule has 1 N–H and O–H groups in total. The summed E-state index contributed by atoms with van der Waals surface area (Å²) in [5.74, 6) is 0.344. The third kappa shape index (κ3) is 1.20. The van der Waals surface area contributed by atoms with Crippen LogP contribution in [0.5, 0.6) is 0 Å². The van der Waals surface area contributed by atoms with Crippen LogP contribution in [-0.4, -0.2) is 11.8 Å². The standard InChI is InChI=1S/C8H13NO/c1-5-4-8(7(3)10)6(2)9-5/h4,6,8-9H,1-3H3. The maximum atomic E-state index is 10.9. The number of carbonyl (C=O) groups is 1. The number of ketones is 1. The van der Waals surface area contributed by atoms with Crippen molar-refractivity contribution in [3.05, 3.63) is 11.8 Å². The Bertz CT molecular complexity index is 184. The Morgan fingerprint density at radius 3 is 2.50 bits per heavy atom. The molecule has 0 aromatic heterocycles. The van der Waals surface area contributed by atoms with Crippen molar-refractivity contribution < 1.29 is 4.79 Å². The summed E-state index contributed by atoms with van der Waals surface area (Å²) in [7, 11) is 0. The van der Waals surface area contributed by atoms with Gasteiger partial charge in [0.1, 0.15) is 5.78 Å². The molecule has 0 radical (unpaired) electrons. The first-order valence-corrected chi connectivity index (χ1v) is 3.56. The number of Topliss-reactive ketones (excluding diaryl/α,β-unsaturated/α-hetero) is 1. The summed E-state index contributed by atoms with van der Waals surface area (Å²) in [5.41, 5.74) is 1.12. The molecule has 0 saturated heterocycles. The lowest BCUT2D eigenvalue weighted by molar-refractivity contribution is -0.119. The quantitative estimate of drug-likeness (QED) is 0.589. The lowest BCUT2D eigenvalue weighted by Crippen LogP contribution is -2.28. The second-order valence-corrected chi connectivity index (χ2v) is 2.92. The monoisotopic (exact) mass is 139 g/mol. The minimum atomic E-state index is 0.0972. The van der Waals surface area contributed by atoms with Crippen LogP contribution in [0.2, 0.25) is 0 Å². The Morgan fingerprint density at radius 2 is 2.30 bits per heavy atom. The summed E-state index contributed by atoms with van der Waals surface area (Å²) >= 11 is 0. The van der Waals surface area contributed by atoms with E-state index in [9.17, 15) is 4.79 Å². The number of hydrogen-bond acceptors (Lipinski definition) is 2. The molecule has 0 aromatic carbocycles. The zero-order valence-corrected chi connectivity index (χ0v) is 6.64. The number of hydrogen-bond donors (Lipinski definition) is 1. The first-order valence-electron chi connectivity index (χ1n) is 3.56. The van der Waals surface area contributed by atoms with E-state index in [1.807, 2.05) is 19.9 Å². The molecule has 1 heterocycles. The highest BCUT2D eigenvalue weighted by atomic mass is 16.1. The average Bonchev–Trinajstić information content (AvgIpc) is 2.10. The van der Waals surface area contributed by atoms with E-state index in [4.69, 9.17) is 0 Å². The van der Waals surface area contributed by atoms with Crippen molar-refractivity contribution in [3.8, 4) is 0 Å². The molecule has 10 heavy (non-hydrogen) atoms. The SMILES string of the molecule is CC(=O)C1C=C(C)NC1C. The summed E-state index contributed by atoms with van der Waals surface area (Å²) in [6.07, 6.45) is 1.99. The van der Waals surface area contributed by atoms with Gasteiger partial charge in [-0.15, -0.1) is 0 Å². The second-order valence-electron chi connectivity index (χ2n) is 2.92. The molecule has 2 atom stereocenters. The minimum Gasteiger partial charge on any atom is -0.385 e. The van der Waals surface area contributed by atoms with E-state index in [0.717, 1.165) is 5.70 Å². The van der Waals surface area contributed by atoms with Gasteiger partial charge in [-0.3, -0.25) is 4.79 Å². The van der Waals surface area contributed by atoms with Crippen LogP contribution >= 0.6 is 0 Å². The second kappa shape index (κ2) is 2.45. The van der Waals surface area contributed by atoms with Crippen molar-refractivity contribution in [2.75, 3.05) is 0 Å². The van der Waals surface area contributed by atoms with Crippen molar-refractivity contribution in [1.82, 2.24) is 5.32 Å². The molecule has 0 amide bonds. The zero-order chi connectivity index (χ0) is 7.72. The molecule has 0 aromatic rings. The van der Waals surface area contributed by atoms with Gasteiger partial charge in [0.25, 0.3) is 0 Å². The van der Waals surface area contributed by atoms with Gasteiger partial charge in [-0.05, 0) is 20.8 Å². The van der Waals surface area contributed by atoms with E-state index in [1.54, 1.807) is 6.92 Å². The van der Waals surface area contributed by atoms with Gasteiger partial charge in [-0.1, -0.05) is 6.08 Å². The Kier molecular flexibility index (Phi) is 1.79. The van der Waals surface area contributed by atoms with Crippen LogP contribution in [0.3, 0.4) is 0 Å². The number of nitrogens with one attached hydrogen (secondary N) is 1. The molecule has 1 aliphatic rings. The van der Waals surface area contributed by atoms with Crippen LogP contribution < -0.4 is 5.32 Å². The van der Waals surface area contributed by atoms with Gasteiger partial charge in [0.15, 0.2) is 0 Å². The predicted molar refractivity (Wildman–Crippen MR) is 40.5 cm³/mol. The van der Waals surface area contributed by atoms with Crippen LogP contribution in [0, 0.1) is 5.92 Å². The molecule has 2 heteroatoms. The van der Waals surface area contributed by atoms with E-state index < -0.39 is 0 Å². The first kappa shape index (κ1) is 7.32. The molecule has 0 saturated carbocycles. The highest BCUT2D eigenvalue weighted by Crippen LogP contribution is 2.16. The Labute approximate surface area is 61.3 Å². The summed E-state index contributed by atoms with van der Waals surface area (Å²) < 4.78 is 0. The molecule has 0 spiro atoms. The average molecular weight is 139 g/mol. The largest absolute Gasteiger partial charge is 0.385 e. The predicted octanol–water partition coefficient (Wildman–Crippen LogP) is 1.09. The van der Waals surface area contributed by atoms with Crippen molar-refractivity contribution in [2.45, 2.75) is 26.8 Å². The third-order valence-electron chi connectivity index (χ3n) is 1.89. The van der Waals surface area contributed by atoms with Crippen LogP contribution in [0.25, 0.3) is 0 Å². The summed E-state index contributed by atoms with van der Waals surface area (Å²) in [6, 6.07) is 0.289. The van der Waals surface area contributed by atoms with Crippen LogP contribution in [0.4, 0.5) is 0 Å². The molecular formula is C8H13NO. The fourth-order valence-corrected chi connectivity index (χ4v) is 1.38. The molecule has 56 valence electrons. The van der Waals surface area contributed by atoms with Gasteiger partial charge in [0, 0.05) is 11.7 Å². The zero-order valence-electron chi connectivity index (χ0n) is 6.64. The highest BCUT2D eigenvalue weighted by Gasteiger charge is 2.24. The van der Waals surface area contributed by atoms with E-state index in [0.29, 0.717) is 0 Å². The van der Waals surface area contributed by atoms with Crippen molar-refractivity contribution in [2.24, 2.45) is 5.92 Å². The van der Waals surface area contributed by atoms with Crippen LogP contribution in [0.1, 0.15) is 20.8 Å².